The van der Waals surface area contributed by atoms with Gasteiger partial charge in [0.05, 0.1) is 43.7 Å². The molecule has 0 unspecified atom stereocenters. The van der Waals surface area contributed by atoms with Crippen molar-refractivity contribution >= 4 is 35.4 Å². The Morgan fingerprint density at radius 3 is 2.51 bits per heavy atom. The first kappa shape index (κ1) is 26.7. The highest BCUT2D eigenvalue weighted by Gasteiger charge is 2.16. The molecule has 0 amide bonds. The number of benzene rings is 2. The maximum atomic E-state index is 11.2. The van der Waals surface area contributed by atoms with Crippen LogP contribution in [0.15, 0.2) is 86.9 Å². The van der Waals surface area contributed by atoms with Gasteiger partial charge in [0.25, 0.3) is 5.69 Å². The molecule has 0 aliphatic heterocycles. The minimum atomic E-state index is -0.484. The maximum Gasteiger partial charge on any atom is 0.270 e. The third-order valence-electron chi connectivity index (χ3n) is 5.62. The number of nitro benzene ring substituents is 1. The van der Waals surface area contributed by atoms with Gasteiger partial charge in [0.2, 0.25) is 17.8 Å². The summed E-state index contributed by atoms with van der Waals surface area (Å²) in [6, 6.07) is 18.5. The second-order valence-corrected chi connectivity index (χ2v) is 8.31. The van der Waals surface area contributed by atoms with Crippen LogP contribution in [0, 0.1) is 10.1 Å². The summed E-state index contributed by atoms with van der Waals surface area (Å²) in [5, 5.41) is 21.6. The third-order valence-corrected chi connectivity index (χ3v) is 5.62. The largest absolute Gasteiger partial charge is 0.497 e. The van der Waals surface area contributed by atoms with Crippen LogP contribution in [0.2, 0.25) is 0 Å². The zero-order valence-electron chi connectivity index (χ0n) is 21.9. The number of methoxy groups -OCH3 is 2. The Bertz CT molecular complexity index is 1650. The Hall–Kier alpha value is -5.92. The summed E-state index contributed by atoms with van der Waals surface area (Å²) in [5.41, 5.74) is 3.87. The van der Waals surface area contributed by atoms with Crippen molar-refractivity contribution in [3.05, 3.63) is 94.6 Å². The highest BCUT2D eigenvalue weighted by Crippen LogP contribution is 2.34. The first-order valence-corrected chi connectivity index (χ1v) is 12.2. The summed E-state index contributed by atoms with van der Waals surface area (Å²) in [4.78, 5) is 23.9. The van der Waals surface area contributed by atoms with Crippen molar-refractivity contribution in [1.82, 2.24) is 15.0 Å². The van der Waals surface area contributed by atoms with Crippen molar-refractivity contribution < 1.29 is 23.2 Å². The molecule has 0 fully saturated rings. The summed E-state index contributed by atoms with van der Waals surface area (Å²) in [5.74, 6) is 3.31. The summed E-state index contributed by atoms with van der Waals surface area (Å²) in [6.45, 7) is 0.359. The Balaban J connectivity index is 1.33. The third kappa shape index (κ3) is 6.75. The van der Waals surface area contributed by atoms with E-state index >= 15 is 0 Å². The number of ether oxygens (including phenoxy) is 2. The number of hydrogen-bond donors (Lipinski definition) is 3. The van der Waals surface area contributed by atoms with Crippen molar-refractivity contribution in [2.75, 3.05) is 30.3 Å². The van der Waals surface area contributed by atoms with Gasteiger partial charge in [-0.15, -0.1) is 0 Å². The predicted octanol–water partition coefficient (Wildman–Crippen LogP) is 5.45. The molecule has 2 aromatic carbocycles. The van der Waals surface area contributed by atoms with Gasteiger partial charge in [-0.1, -0.05) is 0 Å². The van der Waals surface area contributed by atoms with Crippen molar-refractivity contribution in [3.8, 4) is 22.8 Å². The molecule has 41 heavy (non-hydrogen) atoms. The van der Waals surface area contributed by atoms with Crippen LogP contribution in [0.25, 0.3) is 11.3 Å². The molecular weight excluding hydrogens is 532 g/mol. The van der Waals surface area contributed by atoms with Crippen molar-refractivity contribution in [1.29, 1.82) is 0 Å². The van der Waals surface area contributed by atoms with Crippen LogP contribution in [-0.2, 0) is 6.54 Å². The Labute approximate surface area is 233 Å². The normalized spacial score (nSPS) is 10.9. The second-order valence-electron chi connectivity index (χ2n) is 8.31. The average Bonchev–Trinajstić information content (AvgIpc) is 3.69. The zero-order chi connectivity index (χ0) is 28.6. The maximum absolute atomic E-state index is 11.2. The first-order chi connectivity index (χ1) is 20.0. The lowest BCUT2D eigenvalue weighted by molar-refractivity contribution is -0.384. The van der Waals surface area contributed by atoms with Crippen LogP contribution in [0.3, 0.4) is 0 Å². The fourth-order valence-electron chi connectivity index (χ4n) is 3.67. The topological polar surface area (TPSA) is 175 Å². The van der Waals surface area contributed by atoms with Gasteiger partial charge < -0.3 is 28.9 Å². The lowest BCUT2D eigenvalue weighted by Gasteiger charge is -2.10. The van der Waals surface area contributed by atoms with Crippen LogP contribution >= 0.6 is 0 Å². The van der Waals surface area contributed by atoms with E-state index in [1.165, 1.54) is 31.5 Å². The van der Waals surface area contributed by atoms with E-state index in [4.69, 9.17) is 18.3 Å². The van der Waals surface area contributed by atoms with E-state index in [0.717, 1.165) is 5.69 Å². The van der Waals surface area contributed by atoms with E-state index in [9.17, 15) is 10.1 Å². The summed E-state index contributed by atoms with van der Waals surface area (Å²) in [6.07, 6.45) is 3.00. The SMILES string of the molecule is COc1ccc(Nc2nc(NCc3ccco3)nc(N/N=C\c3ccc(-c4cc([N+](=O)[O-])ccc4OC)o3)n2)cc1. The quantitative estimate of drug-likeness (QED) is 0.101. The minimum absolute atomic E-state index is 0.0839. The van der Waals surface area contributed by atoms with Crippen molar-refractivity contribution in [2.24, 2.45) is 5.10 Å². The molecule has 0 spiro atoms. The number of furan rings is 2. The molecule has 0 aliphatic carbocycles. The average molecular weight is 557 g/mol. The fourth-order valence-corrected chi connectivity index (χ4v) is 3.67. The van der Waals surface area contributed by atoms with Gasteiger partial charge in [-0.25, -0.2) is 5.43 Å². The van der Waals surface area contributed by atoms with E-state index < -0.39 is 4.92 Å². The van der Waals surface area contributed by atoms with E-state index in [-0.39, 0.29) is 23.5 Å². The summed E-state index contributed by atoms with van der Waals surface area (Å²) < 4.78 is 21.7. The number of nitrogens with one attached hydrogen (secondary N) is 3. The molecule has 5 rings (SSSR count). The van der Waals surface area contributed by atoms with Crippen LogP contribution in [0.1, 0.15) is 11.5 Å². The number of non-ortho nitro benzene ring substituents is 1. The first-order valence-electron chi connectivity index (χ1n) is 12.2. The van der Waals surface area contributed by atoms with Gasteiger partial charge >= 0.3 is 0 Å². The van der Waals surface area contributed by atoms with Gasteiger partial charge in [-0.3, -0.25) is 10.1 Å². The highest BCUT2D eigenvalue weighted by molar-refractivity contribution is 5.79. The van der Waals surface area contributed by atoms with Gasteiger partial charge in [0.1, 0.15) is 28.8 Å². The summed E-state index contributed by atoms with van der Waals surface area (Å²) >= 11 is 0. The second kappa shape index (κ2) is 12.3. The molecule has 5 aromatic rings. The molecule has 0 saturated carbocycles. The zero-order valence-corrected chi connectivity index (χ0v) is 21.9. The summed E-state index contributed by atoms with van der Waals surface area (Å²) in [7, 11) is 3.07. The highest BCUT2D eigenvalue weighted by atomic mass is 16.6. The van der Waals surface area contributed by atoms with Gasteiger partial charge in [0, 0.05) is 17.8 Å². The Morgan fingerprint density at radius 2 is 1.78 bits per heavy atom. The monoisotopic (exact) mass is 556 g/mol. The van der Waals surface area contributed by atoms with Gasteiger partial charge in [-0.2, -0.15) is 20.1 Å². The van der Waals surface area contributed by atoms with Crippen LogP contribution in [0.4, 0.5) is 29.2 Å². The number of aromatic nitrogens is 3. The Morgan fingerprint density at radius 1 is 0.976 bits per heavy atom. The van der Waals surface area contributed by atoms with E-state index in [2.05, 4.69) is 36.1 Å². The molecule has 14 nitrogen and oxygen atoms in total. The number of rotatable bonds is 12. The van der Waals surface area contributed by atoms with Crippen LogP contribution in [-0.4, -0.2) is 40.3 Å². The Kier molecular flexibility index (Phi) is 8.00. The molecule has 14 heteroatoms. The number of hydrogen-bond acceptors (Lipinski definition) is 13. The lowest BCUT2D eigenvalue weighted by Crippen LogP contribution is -2.09. The number of nitro groups is 1. The molecule has 3 aromatic heterocycles. The van der Waals surface area contributed by atoms with Crippen LogP contribution in [0.5, 0.6) is 11.5 Å². The minimum Gasteiger partial charge on any atom is -0.497 e. The fraction of sp³-hybridized carbons (Fsp3) is 0.111. The molecule has 208 valence electrons. The van der Waals surface area contributed by atoms with E-state index in [0.29, 0.717) is 40.9 Å². The van der Waals surface area contributed by atoms with Crippen molar-refractivity contribution in [2.45, 2.75) is 6.54 Å². The molecule has 0 saturated heterocycles. The van der Waals surface area contributed by atoms with Crippen LogP contribution < -0.4 is 25.5 Å². The van der Waals surface area contributed by atoms with E-state index in [1.54, 1.807) is 31.6 Å². The standard InChI is InChI=1S/C27H24N8O6/c1-38-19-8-5-17(6-9-19)30-26-31-25(28-15-20-4-3-13-40-20)32-27(33-26)34-29-16-21-10-12-24(41-21)22-14-18(35(36)37)7-11-23(22)39-2/h3-14,16H,15H2,1-2H3,(H3,28,30,31,32,33,34)/b29-16-. The molecule has 0 aliphatic rings. The molecule has 3 heterocycles. The number of nitrogens with zero attached hydrogens (tertiary/aromatic N) is 5. The number of anilines is 4. The molecular formula is C27H24N8O6. The molecule has 0 bridgehead atoms. The number of hydrazone groups is 1. The van der Waals surface area contributed by atoms with Gasteiger partial charge in [0.15, 0.2) is 0 Å². The smallest absolute Gasteiger partial charge is 0.270 e. The van der Waals surface area contributed by atoms with Crippen molar-refractivity contribution in [3.63, 3.8) is 0 Å². The molecule has 0 radical (unpaired) electrons. The molecule has 0 atom stereocenters. The molecule has 3 N–H and O–H groups in total. The lowest BCUT2D eigenvalue weighted by atomic mass is 10.1. The predicted molar refractivity (Wildman–Crippen MR) is 151 cm³/mol. The van der Waals surface area contributed by atoms with Gasteiger partial charge in [-0.05, 0) is 54.6 Å². The van der Waals surface area contributed by atoms with E-state index in [1.807, 2.05) is 30.3 Å².